The van der Waals surface area contributed by atoms with Crippen molar-refractivity contribution in [1.29, 1.82) is 0 Å². The molecule has 0 aromatic rings. The Hall–Kier alpha value is 0.310. The van der Waals surface area contributed by atoms with Crippen LogP contribution in [0.5, 0.6) is 0 Å². The van der Waals surface area contributed by atoms with E-state index < -0.39 is 0 Å². The van der Waals surface area contributed by atoms with E-state index in [-0.39, 0.29) is 5.54 Å². The first-order chi connectivity index (χ1) is 6.02. The van der Waals surface area contributed by atoms with Gasteiger partial charge >= 0.3 is 0 Å². The highest BCUT2D eigenvalue weighted by atomic mass is 32.2. The predicted octanol–water partition coefficient (Wildman–Crippen LogP) is 2.65. The Balaban J connectivity index is 1.93. The van der Waals surface area contributed by atoms with Crippen LogP contribution in [0.3, 0.4) is 0 Å². The Labute approximate surface area is 85.8 Å². The molecule has 2 aliphatic rings. The third-order valence-electron chi connectivity index (χ3n) is 3.65. The van der Waals surface area contributed by atoms with Gasteiger partial charge in [0.2, 0.25) is 0 Å². The molecular formula is C11H21NS. The summed E-state index contributed by atoms with van der Waals surface area (Å²) in [7, 11) is 0. The first-order valence-electron chi connectivity index (χ1n) is 5.39. The molecule has 1 saturated heterocycles. The third kappa shape index (κ3) is 1.89. The Morgan fingerprint density at radius 2 is 1.69 bits per heavy atom. The molecule has 1 aliphatic heterocycles. The Kier molecular flexibility index (Phi) is 2.40. The van der Waals surface area contributed by atoms with Gasteiger partial charge in [0.05, 0.1) is 0 Å². The van der Waals surface area contributed by atoms with E-state index in [1.807, 2.05) is 0 Å². The molecule has 1 saturated carbocycles. The Morgan fingerprint density at radius 1 is 1.15 bits per heavy atom. The van der Waals surface area contributed by atoms with Crippen LogP contribution >= 0.6 is 11.8 Å². The van der Waals surface area contributed by atoms with E-state index in [4.69, 9.17) is 5.73 Å². The lowest BCUT2D eigenvalue weighted by atomic mass is 9.54. The minimum absolute atomic E-state index is 0.213. The third-order valence-corrected chi connectivity index (χ3v) is 4.70. The molecule has 1 aliphatic carbocycles. The molecule has 0 aromatic carbocycles. The summed E-state index contributed by atoms with van der Waals surface area (Å²) < 4.78 is 0. The zero-order valence-corrected chi connectivity index (χ0v) is 9.62. The fourth-order valence-corrected chi connectivity index (χ4v) is 4.40. The maximum atomic E-state index is 6.44. The van der Waals surface area contributed by atoms with Crippen molar-refractivity contribution in [3.05, 3.63) is 0 Å². The molecule has 0 amide bonds. The van der Waals surface area contributed by atoms with Crippen LogP contribution in [0.15, 0.2) is 0 Å². The minimum Gasteiger partial charge on any atom is -0.325 e. The number of hydrogen-bond donors (Lipinski definition) is 1. The van der Waals surface area contributed by atoms with Gasteiger partial charge in [-0.15, -0.1) is 0 Å². The number of rotatable bonds is 1. The van der Waals surface area contributed by atoms with Crippen LogP contribution in [0.1, 0.15) is 39.5 Å². The van der Waals surface area contributed by atoms with E-state index in [1.54, 1.807) is 0 Å². The lowest BCUT2D eigenvalue weighted by molar-refractivity contribution is 0.0132. The summed E-state index contributed by atoms with van der Waals surface area (Å²) in [6.45, 7) is 4.69. The normalized spacial score (nSPS) is 32.5. The molecule has 1 nitrogen and oxygen atoms in total. The highest BCUT2D eigenvalue weighted by molar-refractivity contribution is 7.99. The average Bonchev–Trinajstić information content (AvgIpc) is 2.02. The number of thioether (sulfide) groups is 1. The SMILES string of the molecule is CC1(C)CC(N)(C2CCSCC2)C1. The van der Waals surface area contributed by atoms with Gasteiger partial charge in [-0.3, -0.25) is 0 Å². The molecule has 0 aromatic heterocycles. The molecule has 1 heterocycles. The number of hydrogen-bond acceptors (Lipinski definition) is 2. The zero-order valence-electron chi connectivity index (χ0n) is 8.81. The lowest BCUT2D eigenvalue weighted by Gasteiger charge is -2.56. The van der Waals surface area contributed by atoms with Crippen molar-refractivity contribution in [2.24, 2.45) is 17.1 Å². The van der Waals surface area contributed by atoms with E-state index in [0.717, 1.165) is 5.92 Å². The predicted molar refractivity (Wildman–Crippen MR) is 60.0 cm³/mol. The molecule has 13 heavy (non-hydrogen) atoms. The molecule has 0 radical (unpaired) electrons. The smallest absolute Gasteiger partial charge is 0.0193 e. The van der Waals surface area contributed by atoms with Gasteiger partial charge in [-0.05, 0) is 48.5 Å². The van der Waals surface area contributed by atoms with Crippen LogP contribution in [0.2, 0.25) is 0 Å². The monoisotopic (exact) mass is 199 g/mol. The summed E-state index contributed by atoms with van der Waals surface area (Å²) in [6.07, 6.45) is 5.21. The van der Waals surface area contributed by atoms with Gasteiger partial charge in [-0.1, -0.05) is 13.8 Å². The lowest BCUT2D eigenvalue weighted by Crippen LogP contribution is -2.61. The second-order valence-corrected chi connectivity index (χ2v) is 6.86. The van der Waals surface area contributed by atoms with Gasteiger partial charge < -0.3 is 5.73 Å². The second kappa shape index (κ2) is 3.16. The molecule has 0 atom stereocenters. The van der Waals surface area contributed by atoms with Crippen LogP contribution in [0.25, 0.3) is 0 Å². The fourth-order valence-electron chi connectivity index (χ4n) is 3.29. The van der Waals surface area contributed by atoms with Crippen molar-refractivity contribution < 1.29 is 0 Å². The van der Waals surface area contributed by atoms with Gasteiger partial charge in [0.15, 0.2) is 0 Å². The van der Waals surface area contributed by atoms with Crippen molar-refractivity contribution >= 4 is 11.8 Å². The Morgan fingerprint density at radius 3 is 2.15 bits per heavy atom. The van der Waals surface area contributed by atoms with E-state index >= 15 is 0 Å². The summed E-state index contributed by atoms with van der Waals surface area (Å²) in [4.78, 5) is 0. The van der Waals surface area contributed by atoms with E-state index in [2.05, 4.69) is 25.6 Å². The minimum atomic E-state index is 0.213. The van der Waals surface area contributed by atoms with Crippen molar-refractivity contribution in [3.8, 4) is 0 Å². The van der Waals surface area contributed by atoms with Crippen LogP contribution in [-0.2, 0) is 0 Å². The Bertz CT molecular complexity index is 186. The van der Waals surface area contributed by atoms with E-state index in [1.165, 1.54) is 37.2 Å². The average molecular weight is 199 g/mol. The molecule has 0 unspecified atom stereocenters. The van der Waals surface area contributed by atoms with E-state index in [0.29, 0.717) is 5.41 Å². The van der Waals surface area contributed by atoms with Gasteiger partial charge in [0.25, 0.3) is 0 Å². The van der Waals surface area contributed by atoms with Crippen molar-refractivity contribution in [3.63, 3.8) is 0 Å². The zero-order chi connectivity index (χ0) is 9.53. The molecule has 0 bridgehead atoms. The molecule has 0 spiro atoms. The molecule has 76 valence electrons. The molecule has 2 N–H and O–H groups in total. The first kappa shape index (κ1) is 9.85. The quantitative estimate of drug-likeness (QED) is 0.702. The fraction of sp³-hybridized carbons (Fsp3) is 1.00. The molecular weight excluding hydrogens is 178 g/mol. The van der Waals surface area contributed by atoms with E-state index in [9.17, 15) is 0 Å². The topological polar surface area (TPSA) is 26.0 Å². The summed E-state index contributed by atoms with van der Waals surface area (Å²) in [5.41, 5.74) is 7.18. The van der Waals surface area contributed by atoms with Crippen molar-refractivity contribution in [2.45, 2.75) is 45.1 Å². The summed E-state index contributed by atoms with van der Waals surface area (Å²) in [5, 5.41) is 0. The van der Waals surface area contributed by atoms with Gasteiger partial charge in [-0.25, -0.2) is 0 Å². The van der Waals surface area contributed by atoms with Crippen LogP contribution in [-0.4, -0.2) is 17.0 Å². The van der Waals surface area contributed by atoms with Gasteiger partial charge in [-0.2, -0.15) is 11.8 Å². The van der Waals surface area contributed by atoms with Crippen molar-refractivity contribution in [1.82, 2.24) is 0 Å². The van der Waals surface area contributed by atoms with Crippen LogP contribution in [0.4, 0.5) is 0 Å². The number of nitrogens with two attached hydrogens (primary N) is 1. The van der Waals surface area contributed by atoms with Crippen LogP contribution in [0, 0.1) is 11.3 Å². The molecule has 2 heteroatoms. The first-order valence-corrected chi connectivity index (χ1v) is 6.54. The van der Waals surface area contributed by atoms with Crippen molar-refractivity contribution in [2.75, 3.05) is 11.5 Å². The van der Waals surface area contributed by atoms with Crippen LogP contribution < -0.4 is 5.73 Å². The summed E-state index contributed by atoms with van der Waals surface area (Å²) >= 11 is 2.09. The highest BCUT2D eigenvalue weighted by Gasteiger charge is 2.50. The summed E-state index contributed by atoms with van der Waals surface area (Å²) in [6, 6.07) is 0. The standard InChI is InChI=1S/C11H21NS/c1-10(2)7-11(12,8-10)9-3-5-13-6-4-9/h9H,3-8,12H2,1-2H3. The van der Waals surface area contributed by atoms with Gasteiger partial charge in [0, 0.05) is 5.54 Å². The maximum absolute atomic E-state index is 6.44. The molecule has 2 rings (SSSR count). The highest BCUT2D eigenvalue weighted by Crippen LogP contribution is 2.52. The second-order valence-electron chi connectivity index (χ2n) is 5.64. The maximum Gasteiger partial charge on any atom is 0.0193 e. The van der Waals surface area contributed by atoms with Gasteiger partial charge in [0.1, 0.15) is 0 Å². The molecule has 2 fully saturated rings. The summed E-state index contributed by atoms with van der Waals surface area (Å²) in [5.74, 6) is 3.50. The largest absolute Gasteiger partial charge is 0.325 e.